The zero-order valence-corrected chi connectivity index (χ0v) is 12.5. The fourth-order valence-electron chi connectivity index (χ4n) is 1.40. The summed E-state index contributed by atoms with van der Waals surface area (Å²) in [6.07, 6.45) is -0.373. The normalized spacial score (nSPS) is 8.38. The lowest BCUT2D eigenvalue weighted by Gasteiger charge is -2.19. The molecule has 0 aromatic heterocycles. The maximum atomic E-state index is 11.4. The van der Waals surface area contributed by atoms with Gasteiger partial charge in [-0.15, -0.1) is 0 Å². The third-order valence-electron chi connectivity index (χ3n) is 2.35. The summed E-state index contributed by atoms with van der Waals surface area (Å²) >= 11 is 0. The van der Waals surface area contributed by atoms with E-state index >= 15 is 0 Å². The lowest BCUT2D eigenvalue weighted by molar-refractivity contribution is 0.171. The predicted octanol–water partition coefficient (Wildman–Crippen LogP) is 2.85. The molecule has 0 spiro atoms. The predicted molar refractivity (Wildman–Crippen MR) is 86.7 cm³/mol. The highest BCUT2D eigenvalue weighted by atomic mass is 16.5. The standard InChI is InChI=1S/C10H14N2O.C4H9NO2.CH4/c1-3-12(10(13)11-2)9-7-5-4-6-8-9;1-3-5-4(6)7-2;/h4-8H,3H2,1-2H3,(H,11,13);3H2,1-2H3,(H,5,6);1H4. The van der Waals surface area contributed by atoms with Crippen LogP contribution in [-0.2, 0) is 4.74 Å². The topological polar surface area (TPSA) is 70.7 Å². The fourth-order valence-corrected chi connectivity index (χ4v) is 1.40. The second kappa shape index (κ2) is 12.8. The molecule has 6 heteroatoms. The molecule has 1 aromatic carbocycles. The first-order valence-corrected chi connectivity index (χ1v) is 6.46. The first-order valence-electron chi connectivity index (χ1n) is 6.46. The van der Waals surface area contributed by atoms with Crippen molar-refractivity contribution in [2.45, 2.75) is 21.3 Å². The molecule has 1 aromatic rings. The molecule has 1 rings (SSSR count). The lowest BCUT2D eigenvalue weighted by Crippen LogP contribution is -2.37. The van der Waals surface area contributed by atoms with Crippen LogP contribution in [0.5, 0.6) is 0 Å². The van der Waals surface area contributed by atoms with E-state index in [0.29, 0.717) is 13.1 Å². The zero-order valence-electron chi connectivity index (χ0n) is 12.5. The van der Waals surface area contributed by atoms with Gasteiger partial charge >= 0.3 is 12.1 Å². The molecule has 120 valence electrons. The Morgan fingerprint density at radius 3 is 2.10 bits per heavy atom. The molecule has 0 saturated heterocycles. The molecule has 3 amide bonds. The fraction of sp³-hybridized carbons (Fsp3) is 0.467. The molecule has 0 aliphatic heterocycles. The Hall–Kier alpha value is -2.24. The monoisotopic (exact) mass is 297 g/mol. The van der Waals surface area contributed by atoms with Crippen molar-refractivity contribution in [3.8, 4) is 0 Å². The second-order valence-electron chi connectivity index (χ2n) is 3.66. The molecule has 0 bridgehead atoms. The van der Waals surface area contributed by atoms with Crippen molar-refractivity contribution in [3.63, 3.8) is 0 Å². The number of nitrogens with zero attached hydrogens (tertiary/aromatic N) is 1. The average Bonchev–Trinajstić information content (AvgIpc) is 2.49. The Bertz CT molecular complexity index is 396. The van der Waals surface area contributed by atoms with Crippen LogP contribution < -0.4 is 15.5 Å². The van der Waals surface area contributed by atoms with Crippen molar-refractivity contribution < 1.29 is 14.3 Å². The number of hydrogen-bond donors (Lipinski definition) is 2. The molecule has 0 unspecified atom stereocenters. The molecule has 0 fully saturated rings. The number of nitrogens with one attached hydrogen (secondary N) is 2. The maximum Gasteiger partial charge on any atom is 0.406 e. The van der Waals surface area contributed by atoms with Crippen LogP contribution in [0.15, 0.2) is 30.3 Å². The first kappa shape index (κ1) is 21.1. The van der Waals surface area contributed by atoms with E-state index in [0.717, 1.165) is 5.69 Å². The number of para-hydroxylation sites is 1. The van der Waals surface area contributed by atoms with Crippen molar-refractivity contribution in [2.24, 2.45) is 0 Å². The zero-order chi connectivity index (χ0) is 15.4. The Balaban J connectivity index is 0. The minimum Gasteiger partial charge on any atom is -0.453 e. The molecular formula is C15H27N3O3. The van der Waals surface area contributed by atoms with Crippen LogP contribution in [0, 0.1) is 0 Å². The summed E-state index contributed by atoms with van der Waals surface area (Å²) in [4.78, 5) is 23.1. The number of anilines is 1. The van der Waals surface area contributed by atoms with E-state index < -0.39 is 0 Å². The van der Waals surface area contributed by atoms with E-state index in [4.69, 9.17) is 0 Å². The molecule has 0 atom stereocenters. The van der Waals surface area contributed by atoms with Crippen molar-refractivity contribution in [1.29, 1.82) is 0 Å². The number of benzene rings is 1. The van der Waals surface area contributed by atoms with Gasteiger partial charge < -0.3 is 15.4 Å². The summed E-state index contributed by atoms with van der Waals surface area (Å²) in [5.74, 6) is 0. The van der Waals surface area contributed by atoms with Gasteiger partial charge in [-0.2, -0.15) is 0 Å². The summed E-state index contributed by atoms with van der Waals surface area (Å²) in [5.41, 5.74) is 0.921. The van der Waals surface area contributed by atoms with Gasteiger partial charge in [0.2, 0.25) is 0 Å². The summed E-state index contributed by atoms with van der Waals surface area (Å²) in [5, 5.41) is 5.04. The molecule has 6 nitrogen and oxygen atoms in total. The number of methoxy groups -OCH3 is 1. The quantitative estimate of drug-likeness (QED) is 0.901. The summed E-state index contributed by atoms with van der Waals surface area (Å²) in [7, 11) is 2.97. The van der Waals surface area contributed by atoms with Gasteiger partial charge in [-0.1, -0.05) is 25.6 Å². The Morgan fingerprint density at radius 1 is 1.19 bits per heavy atom. The van der Waals surface area contributed by atoms with Crippen LogP contribution >= 0.6 is 0 Å². The van der Waals surface area contributed by atoms with Crippen molar-refractivity contribution in [3.05, 3.63) is 30.3 Å². The van der Waals surface area contributed by atoms with Gasteiger partial charge in [0.05, 0.1) is 7.11 Å². The molecule has 0 aliphatic carbocycles. The van der Waals surface area contributed by atoms with Crippen LogP contribution in [0.3, 0.4) is 0 Å². The van der Waals surface area contributed by atoms with Gasteiger partial charge in [0.25, 0.3) is 0 Å². The molecule has 2 N–H and O–H groups in total. The smallest absolute Gasteiger partial charge is 0.406 e. The minimum atomic E-state index is -0.373. The van der Waals surface area contributed by atoms with Crippen LogP contribution in [0.4, 0.5) is 15.3 Å². The lowest BCUT2D eigenvalue weighted by atomic mass is 10.3. The van der Waals surface area contributed by atoms with Crippen molar-refractivity contribution in [1.82, 2.24) is 10.6 Å². The van der Waals surface area contributed by atoms with Gasteiger partial charge in [0.15, 0.2) is 0 Å². The SMILES string of the molecule is C.CCN(C(=O)NC)c1ccccc1.CCNC(=O)OC. The number of hydrogen-bond acceptors (Lipinski definition) is 3. The Kier molecular flexibility index (Phi) is 12.8. The van der Waals surface area contributed by atoms with Gasteiger partial charge in [0, 0.05) is 25.8 Å². The number of carbonyl (C=O) groups excluding carboxylic acids is 2. The van der Waals surface area contributed by atoms with Crippen molar-refractivity contribution in [2.75, 3.05) is 32.1 Å². The summed E-state index contributed by atoms with van der Waals surface area (Å²) in [6.45, 7) is 5.06. The number of ether oxygens (including phenoxy) is 1. The Labute approximate surface area is 127 Å². The largest absolute Gasteiger partial charge is 0.453 e. The number of carbonyl (C=O) groups is 2. The first-order chi connectivity index (χ1) is 9.60. The maximum absolute atomic E-state index is 11.4. The van der Waals surface area contributed by atoms with Gasteiger partial charge in [-0.25, -0.2) is 9.59 Å². The average molecular weight is 297 g/mol. The minimum absolute atomic E-state index is 0. The van der Waals surface area contributed by atoms with E-state index in [1.165, 1.54) is 7.11 Å². The Morgan fingerprint density at radius 2 is 1.76 bits per heavy atom. The molecule has 0 radical (unpaired) electrons. The van der Waals surface area contributed by atoms with Gasteiger partial charge in [-0.05, 0) is 26.0 Å². The molecule has 21 heavy (non-hydrogen) atoms. The third-order valence-corrected chi connectivity index (χ3v) is 2.35. The van der Waals surface area contributed by atoms with E-state index in [1.54, 1.807) is 11.9 Å². The van der Waals surface area contributed by atoms with Crippen LogP contribution in [0.1, 0.15) is 21.3 Å². The number of urea groups is 1. The number of amides is 3. The highest BCUT2D eigenvalue weighted by Gasteiger charge is 2.10. The van der Waals surface area contributed by atoms with Crippen LogP contribution in [0.2, 0.25) is 0 Å². The highest BCUT2D eigenvalue weighted by Crippen LogP contribution is 2.12. The van der Waals surface area contributed by atoms with E-state index in [-0.39, 0.29) is 19.6 Å². The van der Waals surface area contributed by atoms with E-state index in [9.17, 15) is 9.59 Å². The van der Waals surface area contributed by atoms with Gasteiger partial charge in [0.1, 0.15) is 0 Å². The number of rotatable bonds is 3. The molecule has 0 heterocycles. The van der Waals surface area contributed by atoms with Gasteiger partial charge in [-0.3, -0.25) is 4.90 Å². The molecular weight excluding hydrogens is 270 g/mol. The second-order valence-corrected chi connectivity index (χ2v) is 3.66. The molecule has 0 saturated carbocycles. The third kappa shape index (κ3) is 8.52. The van der Waals surface area contributed by atoms with E-state index in [2.05, 4.69) is 15.4 Å². The van der Waals surface area contributed by atoms with E-state index in [1.807, 2.05) is 44.2 Å². The van der Waals surface area contributed by atoms with Crippen LogP contribution in [0.25, 0.3) is 0 Å². The summed E-state index contributed by atoms with van der Waals surface area (Å²) in [6, 6.07) is 9.52. The van der Waals surface area contributed by atoms with Crippen LogP contribution in [-0.4, -0.2) is 39.4 Å². The molecule has 0 aliphatic rings. The highest BCUT2D eigenvalue weighted by molar-refractivity contribution is 5.91. The number of alkyl carbamates (subject to hydrolysis) is 1. The van der Waals surface area contributed by atoms with Crippen molar-refractivity contribution >= 4 is 17.8 Å². The summed E-state index contributed by atoms with van der Waals surface area (Å²) < 4.78 is 4.24.